The van der Waals surface area contributed by atoms with E-state index in [0.29, 0.717) is 11.4 Å². The van der Waals surface area contributed by atoms with E-state index in [2.05, 4.69) is 30.5 Å². The highest BCUT2D eigenvalue weighted by molar-refractivity contribution is 7.88. The standard InChI is InChI=1S/C21H26F2N6O3S/c1-12(2)32-19-10-18(28-29-19)26-21-17(23)9-15(11-24-33(4,30)31)20(27-21)25-13(3)14-5-7-16(22)8-6-14/h5-10,12-13,24H,11H2,1-4H3,(H3,25,26,27,28,29). The van der Waals surface area contributed by atoms with E-state index in [1.54, 1.807) is 18.2 Å². The molecular weight excluding hydrogens is 454 g/mol. The summed E-state index contributed by atoms with van der Waals surface area (Å²) < 4.78 is 59.0. The number of H-pyrrole nitrogens is 1. The van der Waals surface area contributed by atoms with Crippen molar-refractivity contribution in [1.29, 1.82) is 0 Å². The van der Waals surface area contributed by atoms with Gasteiger partial charge in [0.25, 0.3) is 0 Å². The number of aromatic amines is 1. The predicted octanol–water partition coefficient (Wildman–Crippen LogP) is 3.84. The second kappa shape index (κ2) is 10.1. The molecule has 0 radical (unpaired) electrons. The van der Waals surface area contributed by atoms with Crippen molar-refractivity contribution in [3.8, 4) is 5.88 Å². The molecule has 3 aromatic rings. The van der Waals surface area contributed by atoms with Gasteiger partial charge in [-0.15, -0.1) is 0 Å². The molecule has 1 unspecified atom stereocenters. The second-order valence-electron chi connectivity index (χ2n) is 7.75. The third-order valence-corrected chi connectivity index (χ3v) is 5.14. The van der Waals surface area contributed by atoms with Gasteiger partial charge in [-0.1, -0.05) is 12.1 Å². The predicted molar refractivity (Wildman–Crippen MR) is 122 cm³/mol. The highest BCUT2D eigenvalue weighted by Gasteiger charge is 2.17. The van der Waals surface area contributed by atoms with Crippen LogP contribution in [0.4, 0.5) is 26.2 Å². The Morgan fingerprint density at radius 2 is 1.79 bits per heavy atom. The number of sulfonamides is 1. The summed E-state index contributed by atoms with van der Waals surface area (Å²) in [5.74, 6) is -0.234. The molecule has 3 rings (SSSR count). The summed E-state index contributed by atoms with van der Waals surface area (Å²) in [6.07, 6.45) is 0.938. The molecule has 2 aromatic heterocycles. The van der Waals surface area contributed by atoms with Crippen LogP contribution in [0.15, 0.2) is 36.4 Å². The van der Waals surface area contributed by atoms with Gasteiger partial charge >= 0.3 is 0 Å². The van der Waals surface area contributed by atoms with E-state index in [1.165, 1.54) is 18.2 Å². The van der Waals surface area contributed by atoms with Crippen LogP contribution in [0.3, 0.4) is 0 Å². The topological polar surface area (TPSA) is 121 Å². The third kappa shape index (κ3) is 7.12. The summed E-state index contributed by atoms with van der Waals surface area (Å²) in [7, 11) is -3.52. The average molecular weight is 481 g/mol. The fourth-order valence-electron chi connectivity index (χ4n) is 2.93. The lowest BCUT2D eigenvalue weighted by Gasteiger charge is -2.19. The zero-order valence-corrected chi connectivity index (χ0v) is 19.4. The van der Waals surface area contributed by atoms with Crippen molar-refractivity contribution >= 4 is 27.5 Å². The highest BCUT2D eigenvalue weighted by atomic mass is 32.2. The van der Waals surface area contributed by atoms with Gasteiger partial charge in [-0.3, -0.25) is 0 Å². The molecule has 0 saturated heterocycles. The van der Waals surface area contributed by atoms with Gasteiger partial charge < -0.3 is 15.4 Å². The number of pyridine rings is 1. The van der Waals surface area contributed by atoms with Crippen LogP contribution in [0.25, 0.3) is 0 Å². The van der Waals surface area contributed by atoms with Gasteiger partial charge in [0.15, 0.2) is 17.5 Å². The fraction of sp³-hybridized carbons (Fsp3) is 0.333. The molecule has 2 heterocycles. The Bertz CT molecular complexity index is 1200. The van der Waals surface area contributed by atoms with Crippen molar-refractivity contribution in [3.63, 3.8) is 0 Å². The van der Waals surface area contributed by atoms with Crippen LogP contribution in [0.5, 0.6) is 5.88 Å². The Morgan fingerprint density at radius 3 is 2.42 bits per heavy atom. The quantitative estimate of drug-likeness (QED) is 0.348. The molecule has 4 N–H and O–H groups in total. The number of benzene rings is 1. The summed E-state index contributed by atoms with van der Waals surface area (Å²) in [4.78, 5) is 4.32. The monoisotopic (exact) mass is 480 g/mol. The molecule has 0 amide bonds. The number of nitrogens with one attached hydrogen (secondary N) is 4. The molecule has 0 spiro atoms. The van der Waals surface area contributed by atoms with Crippen LogP contribution in [-0.2, 0) is 16.6 Å². The van der Waals surface area contributed by atoms with E-state index >= 15 is 0 Å². The first-order valence-corrected chi connectivity index (χ1v) is 12.0. The van der Waals surface area contributed by atoms with Crippen molar-refractivity contribution in [2.24, 2.45) is 0 Å². The Labute approximate surface area is 191 Å². The van der Waals surface area contributed by atoms with Crippen molar-refractivity contribution in [1.82, 2.24) is 19.9 Å². The van der Waals surface area contributed by atoms with Gasteiger partial charge in [0.2, 0.25) is 15.9 Å². The maximum atomic E-state index is 14.8. The molecule has 0 saturated carbocycles. The molecule has 0 aliphatic heterocycles. The van der Waals surface area contributed by atoms with Crippen LogP contribution in [0.2, 0.25) is 0 Å². The van der Waals surface area contributed by atoms with E-state index in [4.69, 9.17) is 4.74 Å². The lowest BCUT2D eigenvalue weighted by atomic mass is 10.1. The fourth-order valence-corrected chi connectivity index (χ4v) is 3.34. The van der Waals surface area contributed by atoms with Crippen molar-refractivity contribution in [3.05, 3.63) is 59.2 Å². The number of halogens is 2. The first-order chi connectivity index (χ1) is 15.5. The van der Waals surface area contributed by atoms with E-state index in [1.807, 2.05) is 20.8 Å². The molecule has 9 nitrogen and oxygen atoms in total. The summed E-state index contributed by atoms with van der Waals surface area (Å²) >= 11 is 0. The maximum absolute atomic E-state index is 14.8. The largest absolute Gasteiger partial charge is 0.475 e. The Hall–Kier alpha value is -3.25. The van der Waals surface area contributed by atoms with E-state index in [0.717, 1.165) is 11.8 Å². The highest BCUT2D eigenvalue weighted by Crippen LogP contribution is 2.27. The van der Waals surface area contributed by atoms with Crippen LogP contribution >= 0.6 is 0 Å². The van der Waals surface area contributed by atoms with Gasteiger partial charge in [0.1, 0.15) is 11.6 Å². The molecule has 1 aromatic carbocycles. The normalized spacial score (nSPS) is 12.6. The molecule has 178 valence electrons. The van der Waals surface area contributed by atoms with Crippen LogP contribution < -0.4 is 20.1 Å². The first kappa shape index (κ1) is 24.4. The van der Waals surface area contributed by atoms with Gasteiger partial charge in [-0.05, 0) is 44.5 Å². The molecule has 0 bridgehead atoms. The van der Waals surface area contributed by atoms with Crippen molar-refractivity contribution < 1.29 is 21.9 Å². The number of rotatable bonds is 10. The third-order valence-electron chi connectivity index (χ3n) is 4.47. The van der Waals surface area contributed by atoms with E-state index in [9.17, 15) is 17.2 Å². The Balaban J connectivity index is 1.89. The van der Waals surface area contributed by atoms with Gasteiger partial charge in [0.05, 0.1) is 12.4 Å². The van der Waals surface area contributed by atoms with Crippen LogP contribution in [-0.4, -0.2) is 36.0 Å². The molecule has 0 fully saturated rings. The molecule has 1 atom stereocenters. The van der Waals surface area contributed by atoms with E-state index < -0.39 is 15.8 Å². The number of hydrogen-bond donors (Lipinski definition) is 4. The summed E-state index contributed by atoms with van der Waals surface area (Å²) in [6.45, 7) is 5.37. The second-order valence-corrected chi connectivity index (χ2v) is 9.58. The SMILES string of the molecule is CC(C)Oc1cc(Nc2nc(NC(C)c3ccc(F)cc3)c(CNS(C)(=O)=O)cc2F)n[nH]1. The minimum atomic E-state index is -3.52. The molecule has 0 aliphatic rings. The van der Waals surface area contributed by atoms with Gasteiger partial charge in [0, 0.05) is 24.2 Å². The van der Waals surface area contributed by atoms with Crippen molar-refractivity contribution in [2.45, 2.75) is 39.5 Å². The number of nitrogens with zero attached hydrogens (tertiary/aromatic N) is 2. The molecule has 0 aliphatic carbocycles. The molecule has 33 heavy (non-hydrogen) atoms. The lowest BCUT2D eigenvalue weighted by Crippen LogP contribution is -2.23. The molecule has 12 heteroatoms. The van der Waals surface area contributed by atoms with Crippen LogP contribution in [0.1, 0.15) is 37.9 Å². The Morgan fingerprint density at radius 1 is 1.09 bits per heavy atom. The number of hydrogen-bond acceptors (Lipinski definition) is 7. The number of anilines is 3. The van der Waals surface area contributed by atoms with Crippen molar-refractivity contribution in [2.75, 3.05) is 16.9 Å². The minimum Gasteiger partial charge on any atom is -0.475 e. The smallest absolute Gasteiger partial charge is 0.211 e. The van der Waals surface area contributed by atoms with Gasteiger partial charge in [-0.2, -0.15) is 5.10 Å². The maximum Gasteiger partial charge on any atom is 0.211 e. The zero-order valence-electron chi connectivity index (χ0n) is 18.6. The molecular formula is C21H26F2N6O3S. The summed E-state index contributed by atoms with van der Waals surface area (Å²) in [5.41, 5.74) is 1.06. The minimum absolute atomic E-state index is 0.0708. The summed E-state index contributed by atoms with van der Waals surface area (Å²) in [6, 6.07) is 8.32. The Kier molecular flexibility index (Phi) is 7.49. The van der Waals surface area contributed by atoms with Crippen LogP contribution in [0, 0.1) is 11.6 Å². The number of ether oxygens (including phenoxy) is 1. The number of aromatic nitrogens is 3. The van der Waals surface area contributed by atoms with Gasteiger partial charge in [-0.25, -0.2) is 32.0 Å². The van der Waals surface area contributed by atoms with E-state index in [-0.39, 0.29) is 42.0 Å². The average Bonchev–Trinajstić information content (AvgIpc) is 3.15. The first-order valence-electron chi connectivity index (χ1n) is 10.2. The lowest BCUT2D eigenvalue weighted by molar-refractivity contribution is 0.232. The summed E-state index contributed by atoms with van der Waals surface area (Å²) in [5, 5.41) is 12.6. The zero-order chi connectivity index (χ0) is 24.2.